The lowest BCUT2D eigenvalue weighted by Crippen LogP contribution is -2.40. The second-order valence-corrected chi connectivity index (χ2v) is 7.88. The van der Waals surface area contributed by atoms with Crippen molar-refractivity contribution < 1.29 is 23.9 Å². The fourth-order valence-electron chi connectivity index (χ4n) is 3.88. The van der Waals surface area contributed by atoms with Gasteiger partial charge in [-0.05, 0) is 30.3 Å². The van der Waals surface area contributed by atoms with Crippen molar-refractivity contribution >= 4 is 23.4 Å². The Kier molecular flexibility index (Phi) is 7.01. The summed E-state index contributed by atoms with van der Waals surface area (Å²) in [6, 6.07) is 16.3. The molecular weight excluding hydrogens is 410 g/mol. The Morgan fingerprint density at radius 3 is 2.62 bits per heavy atom. The van der Waals surface area contributed by atoms with Crippen LogP contribution in [0.4, 0.5) is 5.69 Å². The SMILES string of the molecule is O=C(Nc1cccc(C(=O)N2CCOCC2)c1)C1CC(=O)N(CCOc2ccccc2)C1. The molecule has 4 rings (SSSR count). The normalized spacial score (nSPS) is 18.5. The van der Waals surface area contributed by atoms with Crippen LogP contribution in [0.25, 0.3) is 0 Å². The van der Waals surface area contributed by atoms with E-state index in [0.717, 1.165) is 5.75 Å². The van der Waals surface area contributed by atoms with Crippen molar-refractivity contribution in [2.75, 3.05) is 51.3 Å². The lowest BCUT2D eigenvalue weighted by Gasteiger charge is -2.27. The lowest BCUT2D eigenvalue weighted by atomic mass is 10.1. The van der Waals surface area contributed by atoms with Crippen molar-refractivity contribution in [2.24, 2.45) is 5.92 Å². The Morgan fingerprint density at radius 1 is 1.06 bits per heavy atom. The molecule has 2 aromatic rings. The van der Waals surface area contributed by atoms with E-state index in [4.69, 9.17) is 9.47 Å². The molecule has 1 atom stereocenters. The molecule has 2 aromatic carbocycles. The van der Waals surface area contributed by atoms with E-state index in [9.17, 15) is 14.4 Å². The zero-order valence-electron chi connectivity index (χ0n) is 17.9. The number of amides is 3. The summed E-state index contributed by atoms with van der Waals surface area (Å²) in [5.74, 6) is -0.0401. The van der Waals surface area contributed by atoms with E-state index in [-0.39, 0.29) is 24.1 Å². The van der Waals surface area contributed by atoms with Crippen molar-refractivity contribution in [3.05, 3.63) is 60.2 Å². The third kappa shape index (κ3) is 5.45. The van der Waals surface area contributed by atoms with Crippen molar-refractivity contribution in [1.82, 2.24) is 9.80 Å². The third-order valence-corrected chi connectivity index (χ3v) is 5.63. The number of hydrogen-bond acceptors (Lipinski definition) is 5. The maximum Gasteiger partial charge on any atom is 0.254 e. The van der Waals surface area contributed by atoms with Gasteiger partial charge < -0.3 is 24.6 Å². The van der Waals surface area contributed by atoms with Crippen LogP contribution in [0.5, 0.6) is 5.75 Å². The van der Waals surface area contributed by atoms with Gasteiger partial charge in [-0.25, -0.2) is 0 Å². The van der Waals surface area contributed by atoms with Crippen molar-refractivity contribution in [3.63, 3.8) is 0 Å². The predicted molar refractivity (Wildman–Crippen MR) is 118 cm³/mol. The summed E-state index contributed by atoms with van der Waals surface area (Å²) in [4.78, 5) is 41.2. The minimum atomic E-state index is -0.433. The van der Waals surface area contributed by atoms with E-state index in [0.29, 0.717) is 57.3 Å². The van der Waals surface area contributed by atoms with E-state index in [2.05, 4.69) is 5.32 Å². The van der Waals surface area contributed by atoms with Gasteiger partial charge in [-0.15, -0.1) is 0 Å². The fraction of sp³-hybridized carbons (Fsp3) is 0.375. The van der Waals surface area contributed by atoms with Gasteiger partial charge in [-0.1, -0.05) is 24.3 Å². The molecule has 2 fully saturated rings. The number of carbonyl (C=O) groups is 3. The molecule has 2 aliphatic heterocycles. The molecule has 32 heavy (non-hydrogen) atoms. The summed E-state index contributed by atoms with van der Waals surface area (Å²) in [5.41, 5.74) is 1.07. The van der Waals surface area contributed by atoms with Gasteiger partial charge in [0, 0.05) is 37.3 Å². The minimum Gasteiger partial charge on any atom is -0.492 e. The first-order valence-corrected chi connectivity index (χ1v) is 10.8. The second-order valence-electron chi connectivity index (χ2n) is 7.88. The molecule has 2 heterocycles. The Hall–Kier alpha value is -3.39. The summed E-state index contributed by atoms with van der Waals surface area (Å²) in [5, 5.41) is 2.86. The van der Waals surface area contributed by atoms with Crippen molar-refractivity contribution in [1.29, 1.82) is 0 Å². The highest BCUT2D eigenvalue weighted by Gasteiger charge is 2.34. The van der Waals surface area contributed by atoms with E-state index in [1.165, 1.54) is 0 Å². The Labute approximate surface area is 187 Å². The molecule has 8 nitrogen and oxygen atoms in total. The summed E-state index contributed by atoms with van der Waals surface area (Å²) in [6.45, 7) is 3.34. The summed E-state index contributed by atoms with van der Waals surface area (Å²) < 4.78 is 10.9. The van der Waals surface area contributed by atoms with Crippen LogP contribution in [0.3, 0.4) is 0 Å². The molecule has 0 spiro atoms. The monoisotopic (exact) mass is 437 g/mol. The van der Waals surface area contributed by atoms with Crippen molar-refractivity contribution in [3.8, 4) is 5.75 Å². The highest BCUT2D eigenvalue weighted by molar-refractivity contribution is 5.99. The fourth-order valence-corrected chi connectivity index (χ4v) is 3.88. The summed E-state index contributed by atoms with van der Waals surface area (Å²) in [6.07, 6.45) is 0.170. The van der Waals surface area contributed by atoms with Crippen LogP contribution in [0.2, 0.25) is 0 Å². The molecule has 2 aliphatic rings. The molecule has 0 bridgehead atoms. The molecule has 1 N–H and O–H groups in total. The van der Waals surface area contributed by atoms with E-state index < -0.39 is 5.92 Å². The van der Waals surface area contributed by atoms with Crippen LogP contribution in [-0.2, 0) is 14.3 Å². The first kappa shape index (κ1) is 21.8. The second kappa shape index (κ2) is 10.3. The summed E-state index contributed by atoms with van der Waals surface area (Å²) >= 11 is 0. The zero-order chi connectivity index (χ0) is 22.3. The minimum absolute atomic E-state index is 0.0574. The molecular formula is C24H27N3O5. The van der Waals surface area contributed by atoms with Crippen LogP contribution in [0.15, 0.2) is 54.6 Å². The van der Waals surface area contributed by atoms with Gasteiger partial charge in [-0.3, -0.25) is 14.4 Å². The smallest absolute Gasteiger partial charge is 0.254 e. The molecule has 0 aliphatic carbocycles. The largest absolute Gasteiger partial charge is 0.492 e. The van der Waals surface area contributed by atoms with Crippen LogP contribution in [0, 0.1) is 5.92 Å². The highest BCUT2D eigenvalue weighted by atomic mass is 16.5. The average Bonchev–Trinajstić information content (AvgIpc) is 3.20. The molecule has 0 radical (unpaired) electrons. The Bertz CT molecular complexity index is 959. The molecule has 2 saturated heterocycles. The predicted octanol–water partition coefficient (Wildman–Crippen LogP) is 2.02. The van der Waals surface area contributed by atoms with Crippen molar-refractivity contribution in [2.45, 2.75) is 6.42 Å². The van der Waals surface area contributed by atoms with E-state index in [1.807, 2.05) is 30.3 Å². The molecule has 0 saturated carbocycles. The lowest BCUT2D eigenvalue weighted by molar-refractivity contribution is -0.128. The number of para-hydroxylation sites is 1. The number of hydrogen-bond donors (Lipinski definition) is 1. The Balaban J connectivity index is 1.29. The number of carbonyl (C=O) groups excluding carboxylic acids is 3. The maximum absolute atomic E-state index is 12.8. The quantitative estimate of drug-likeness (QED) is 0.716. The first-order chi connectivity index (χ1) is 15.6. The Morgan fingerprint density at radius 2 is 1.84 bits per heavy atom. The van der Waals surface area contributed by atoms with Gasteiger partial charge in [0.2, 0.25) is 11.8 Å². The number of nitrogens with one attached hydrogen (secondary N) is 1. The highest BCUT2D eigenvalue weighted by Crippen LogP contribution is 2.21. The molecule has 0 aromatic heterocycles. The van der Waals surface area contributed by atoms with Gasteiger partial charge in [0.15, 0.2) is 0 Å². The van der Waals surface area contributed by atoms with Gasteiger partial charge in [0.05, 0.1) is 25.7 Å². The van der Waals surface area contributed by atoms with Crippen LogP contribution < -0.4 is 10.1 Å². The van der Waals surface area contributed by atoms with Gasteiger partial charge in [0.1, 0.15) is 12.4 Å². The topological polar surface area (TPSA) is 88.2 Å². The standard InChI is InChI=1S/C24H27N3O5/c28-22-16-19(17-27(22)11-14-32-21-7-2-1-3-8-21)23(29)25-20-6-4-5-18(15-20)24(30)26-9-12-31-13-10-26/h1-8,15,19H,9-14,16-17H2,(H,25,29). The molecule has 1 unspecified atom stereocenters. The number of nitrogens with zero attached hydrogens (tertiary/aromatic N) is 2. The summed E-state index contributed by atoms with van der Waals surface area (Å²) in [7, 11) is 0. The van der Waals surface area contributed by atoms with Crippen LogP contribution in [-0.4, -0.2) is 73.5 Å². The number of likely N-dealkylation sites (tertiary alicyclic amines) is 1. The molecule has 8 heteroatoms. The van der Waals surface area contributed by atoms with E-state index >= 15 is 0 Å². The van der Waals surface area contributed by atoms with E-state index in [1.54, 1.807) is 34.1 Å². The first-order valence-electron chi connectivity index (χ1n) is 10.8. The maximum atomic E-state index is 12.8. The van der Waals surface area contributed by atoms with Crippen LogP contribution >= 0.6 is 0 Å². The number of anilines is 1. The van der Waals surface area contributed by atoms with Gasteiger partial charge in [0.25, 0.3) is 5.91 Å². The average molecular weight is 437 g/mol. The molecule has 3 amide bonds. The van der Waals surface area contributed by atoms with Gasteiger partial charge in [-0.2, -0.15) is 0 Å². The number of morpholine rings is 1. The van der Waals surface area contributed by atoms with Gasteiger partial charge >= 0.3 is 0 Å². The molecule has 168 valence electrons. The number of ether oxygens (including phenoxy) is 2. The van der Waals surface area contributed by atoms with Crippen LogP contribution in [0.1, 0.15) is 16.8 Å². The zero-order valence-corrected chi connectivity index (χ0v) is 17.9. The number of benzene rings is 2. The number of rotatable bonds is 7. The third-order valence-electron chi connectivity index (χ3n) is 5.63.